The highest BCUT2D eigenvalue weighted by Crippen LogP contribution is 2.26. The molecule has 2 heterocycles. The zero-order chi connectivity index (χ0) is 7.84. The second kappa shape index (κ2) is 2.32. The lowest BCUT2D eigenvalue weighted by Gasteiger charge is -2.06. The van der Waals surface area contributed by atoms with Crippen LogP contribution >= 0.6 is 0 Å². The van der Waals surface area contributed by atoms with Gasteiger partial charge in [-0.1, -0.05) is 0 Å². The molecular weight excluding hydrogens is 148 g/mol. The van der Waals surface area contributed by atoms with Crippen molar-refractivity contribution in [1.29, 1.82) is 0 Å². The van der Waals surface area contributed by atoms with Crippen molar-refractivity contribution in [2.75, 3.05) is 6.79 Å². The summed E-state index contributed by atoms with van der Waals surface area (Å²) in [6.45, 7) is 1.70. The van der Waals surface area contributed by atoms with Crippen molar-refractivity contribution in [3.63, 3.8) is 0 Å². The van der Waals surface area contributed by atoms with Crippen LogP contribution in [0.5, 0.6) is 0 Å². The molecule has 0 aliphatic carbocycles. The summed E-state index contributed by atoms with van der Waals surface area (Å²) in [6, 6.07) is 0. The van der Waals surface area contributed by atoms with E-state index in [2.05, 4.69) is 0 Å². The summed E-state index contributed by atoms with van der Waals surface area (Å²) in [5.74, 6) is 0.256. The number of allylic oxidation sites excluding steroid dienone is 1. The zero-order valence-electron chi connectivity index (χ0n) is 6.07. The van der Waals surface area contributed by atoms with Gasteiger partial charge in [-0.25, -0.2) is 0 Å². The molecule has 0 aromatic rings. The zero-order valence-corrected chi connectivity index (χ0v) is 6.07. The van der Waals surface area contributed by atoms with Crippen LogP contribution < -0.4 is 0 Å². The van der Waals surface area contributed by atoms with E-state index < -0.39 is 6.29 Å². The summed E-state index contributed by atoms with van der Waals surface area (Å²) >= 11 is 0. The van der Waals surface area contributed by atoms with E-state index >= 15 is 0 Å². The molecule has 2 rings (SSSR count). The quantitative estimate of drug-likeness (QED) is 0.543. The highest BCUT2D eigenvalue weighted by molar-refractivity contribution is 5.91. The predicted octanol–water partition coefficient (Wildman–Crippen LogP) is 0.188. The minimum Gasteiger partial charge on any atom is -0.458 e. The number of carbonyl (C=O) groups excluding carboxylic acids is 1. The maximum Gasteiger partial charge on any atom is 0.232 e. The molecule has 4 heteroatoms. The smallest absolute Gasteiger partial charge is 0.232 e. The fourth-order valence-corrected chi connectivity index (χ4v) is 1.10. The van der Waals surface area contributed by atoms with Gasteiger partial charge in [-0.15, -0.1) is 0 Å². The second-order valence-electron chi connectivity index (χ2n) is 2.49. The van der Waals surface area contributed by atoms with Gasteiger partial charge in [-0.3, -0.25) is 4.79 Å². The Hall–Kier alpha value is -0.870. The van der Waals surface area contributed by atoms with Crippen molar-refractivity contribution in [3.05, 3.63) is 11.8 Å². The Balaban J connectivity index is 2.13. The Kier molecular flexibility index (Phi) is 1.44. The topological polar surface area (TPSA) is 44.8 Å². The maximum atomic E-state index is 10.8. The first kappa shape index (κ1) is 6.82. The molecule has 2 atom stereocenters. The standard InChI is InChI=1S/C7H8O4/c1-4(8)5-2-6-7(11-5)10-3-9-6/h2,6-7H,3H2,1H3/t6-,7+/m1/s1. The number of fused-ring (bicyclic) bond motifs is 1. The summed E-state index contributed by atoms with van der Waals surface area (Å²) in [7, 11) is 0. The molecule has 0 aromatic carbocycles. The van der Waals surface area contributed by atoms with Gasteiger partial charge in [0.1, 0.15) is 6.10 Å². The van der Waals surface area contributed by atoms with Crippen LogP contribution in [0.4, 0.5) is 0 Å². The predicted molar refractivity (Wildman–Crippen MR) is 34.5 cm³/mol. The summed E-state index contributed by atoms with van der Waals surface area (Å²) in [6.07, 6.45) is 1.07. The van der Waals surface area contributed by atoms with Crippen molar-refractivity contribution in [2.24, 2.45) is 0 Å². The SMILES string of the molecule is CC(=O)C1=C[C@H]2OCO[C@H]2O1. The Bertz CT molecular complexity index is 220. The summed E-state index contributed by atoms with van der Waals surface area (Å²) in [5, 5.41) is 0. The van der Waals surface area contributed by atoms with Gasteiger partial charge < -0.3 is 14.2 Å². The number of hydrogen-bond acceptors (Lipinski definition) is 4. The Labute approximate surface area is 63.7 Å². The van der Waals surface area contributed by atoms with Crippen LogP contribution in [0.25, 0.3) is 0 Å². The van der Waals surface area contributed by atoms with Gasteiger partial charge >= 0.3 is 0 Å². The minimum atomic E-state index is -0.395. The second-order valence-corrected chi connectivity index (χ2v) is 2.49. The van der Waals surface area contributed by atoms with Crippen LogP contribution in [0.3, 0.4) is 0 Å². The Morgan fingerprint density at radius 3 is 3.09 bits per heavy atom. The van der Waals surface area contributed by atoms with Crippen LogP contribution in [-0.4, -0.2) is 25.0 Å². The van der Waals surface area contributed by atoms with Crippen molar-refractivity contribution in [3.8, 4) is 0 Å². The van der Waals surface area contributed by atoms with Gasteiger partial charge in [0.15, 0.2) is 18.3 Å². The van der Waals surface area contributed by atoms with Crippen LogP contribution in [0.15, 0.2) is 11.8 Å². The van der Waals surface area contributed by atoms with Gasteiger partial charge in [-0.2, -0.15) is 0 Å². The lowest BCUT2D eigenvalue weighted by Crippen LogP contribution is -2.16. The maximum absolute atomic E-state index is 10.8. The molecule has 2 aliphatic rings. The van der Waals surface area contributed by atoms with E-state index in [-0.39, 0.29) is 18.7 Å². The lowest BCUT2D eigenvalue weighted by molar-refractivity contribution is -0.123. The van der Waals surface area contributed by atoms with Gasteiger partial charge in [0, 0.05) is 6.92 Å². The molecule has 0 amide bonds. The summed E-state index contributed by atoms with van der Waals surface area (Å²) in [4.78, 5) is 10.8. The van der Waals surface area contributed by atoms with E-state index in [1.807, 2.05) is 0 Å². The third-order valence-electron chi connectivity index (χ3n) is 1.67. The molecule has 1 fully saturated rings. The number of carbonyl (C=O) groups is 1. The third kappa shape index (κ3) is 1.04. The van der Waals surface area contributed by atoms with Crippen molar-refractivity contribution in [1.82, 2.24) is 0 Å². The Morgan fingerprint density at radius 1 is 1.64 bits per heavy atom. The van der Waals surface area contributed by atoms with E-state index in [4.69, 9.17) is 14.2 Å². The first-order chi connectivity index (χ1) is 5.27. The molecule has 2 aliphatic heterocycles. The first-order valence-corrected chi connectivity index (χ1v) is 3.40. The molecular formula is C7H8O4. The van der Waals surface area contributed by atoms with Crippen molar-refractivity contribution < 1.29 is 19.0 Å². The van der Waals surface area contributed by atoms with Crippen LogP contribution in [0.1, 0.15) is 6.92 Å². The van der Waals surface area contributed by atoms with E-state index in [1.165, 1.54) is 6.92 Å². The van der Waals surface area contributed by atoms with E-state index in [0.717, 1.165) is 0 Å². The minimum absolute atomic E-state index is 0.0911. The monoisotopic (exact) mass is 156 g/mol. The van der Waals surface area contributed by atoms with Crippen molar-refractivity contribution >= 4 is 5.78 Å². The fourth-order valence-electron chi connectivity index (χ4n) is 1.10. The van der Waals surface area contributed by atoms with Gasteiger partial charge in [0.2, 0.25) is 6.29 Å². The number of rotatable bonds is 1. The first-order valence-electron chi connectivity index (χ1n) is 3.40. The van der Waals surface area contributed by atoms with Crippen LogP contribution in [-0.2, 0) is 19.0 Å². The highest BCUT2D eigenvalue weighted by atomic mass is 16.8. The van der Waals surface area contributed by atoms with Crippen molar-refractivity contribution in [2.45, 2.75) is 19.3 Å². The number of hydrogen-bond donors (Lipinski definition) is 0. The van der Waals surface area contributed by atoms with E-state index in [9.17, 15) is 4.79 Å². The largest absolute Gasteiger partial charge is 0.458 e. The lowest BCUT2D eigenvalue weighted by atomic mass is 10.3. The average molecular weight is 156 g/mol. The number of ether oxygens (including phenoxy) is 3. The molecule has 0 bridgehead atoms. The van der Waals surface area contributed by atoms with E-state index in [1.54, 1.807) is 6.08 Å². The molecule has 1 saturated heterocycles. The molecule has 11 heavy (non-hydrogen) atoms. The highest BCUT2D eigenvalue weighted by Gasteiger charge is 2.36. The third-order valence-corrected chi connectivity index (χ3v) is 1.67. The molecule has 0 N–H and O–H groups in total. The molecule has 0 aromatic heterocycles. The van der Waals surface area contributed by atoms with Gasteiger partial charge in [-0.05, 0) is 6.08 Å². The molecule has 60 valence electrons. The molecule has 0 saturated carbocycles. The van der Waals surface area contributed by atoms with E-state index in [0.29, 0.717) is 5.76 Å². The Morgan fingerprint density at radius 2 is 2.45 bits per heavy atom. The van der Waals surface area contributed by atoms with Crippen LogP contribution in [0, 0.1) is 0 Å². The van der Waals surface area contributed by atoms with Gasteiger partial charge in [0.25, 0.3) is 0 Å². The molecule has 0 unspecified atom stereocenters. The number of ketones is 1. The fraction of sp³-hybridized carbons (Fsp3) is 0.571. The summed E-state index contributed by atoms with van der Waals surface area (Å²) in [5.41, 5.74) is 0. The van der Waals surface area contributed by atoms with Crippen LogP contribution in [0.2, 0.25) is 0 Å². The van der Waals surface area contributed by atoms with Gasteiger partial charge in [0.05, 0.1) is 0 Å². The average Bonchev–Trinajstić information content (AvgIpc) is 2.40. The molecule has 0 spiro atoms. The summed E-state index contributed by atoms with van der Waals surface area (Å²) < 4.78 is 15.2. The normalized spacial score (nSPS) is 34.5. The number of Topliss-reactive ketones (excluding diaryl/α,β-unsaturated/α-hetero) is 1. The molecule has 4 nitrogen and oxygen atoms in total. The molecule has 0 radical (unpaired) electrons.